The van der Waals surface area contributed by atoms with E-state index in [1.807, 2.05) is 11.5 Å². The first kappa shape index (κ1) is 27.8. The number of hydrogen-bond acceptors (Lipinski definition) is 6. The van der Waals surface area contributed by atoms with E-state index in [0.29, 0.717) is 44.5 Å². The highest BCUT2D eigenvalue weighted by Gasteiger charge is 2.37. The highest BCUT2D eigenvalue weighted by Crippen LogP contribution is 2.37. The molecule has 0 radical (unpaired) electrons. The first-order chi connectivity index (χ1) is 18.4. The lowest BCUT2D eigenvalue weighted by molar-refractivity contribution is 0.0790. The van der Waals surface area contributed by atoms with Gasteiger partial charge in [0.1, 0.15) is 17.2 Å². The predicted octanol–water partition coefficient (Wildman–Crippen LogP) is 4.33. The molecule has 202 valence electrons. The Bertz CT molecular complexity index is 1570. The van der Waals surface area contributed by atoms with Gasteiger partial charge < -0.3 is 15.5 Å². The zero-order valence-electron chi connectivity index (χ0n) is 21.0. The number of furan rings is 1. The summed E-state index contributed by atoms with van der Waals surface area (Å²) in [5, 5.41) is 3.19. The van der Waals surface area contributed by atoms with Crippen LogP contribution in [0.4, 0.5) is 9.18 Å². The first-order valence-corrected chi connectivity index (χ1v) is 12.1. The number of fused-ring (bicyclic) bond motifs is 1. The van der Waals surface area contributed by atoms with Crippen LogP contribution in [0.1, 0.15) is 39.1 Å². The van der Waals surface area contributed by atoms with Gasteiger partial charge in [-0.25, -0.2) is 15.0 Å². The van der Waals surface area contributed by atoms with Gasteiger partial charge >= 0.3 is 6.03 Å². The molecule has 4 aromatic rings. The van der Waals surface area contributed by atoms with E-state index in [2.05, 4.69) is 5.32 Å². The smallest absolute Gasteiger partial charge is 0.338 e. The largest absolute Gasteiger partial charge is 0.455 e. The van der Waals surface area contributed by atoms with Crippen LogP contribution in [0.5, 0.6) is 0 Å². The Hall–Kier alpha value is -4.25. The molecule has 1 aliphatic carbocycles. The van der Waals surface area contributed by atoms with Crippen LogP contribution in [-0.2, 0) is 6.54 Å². The Labute approximate surface area is 229 Å². The molecule has 1 aliphatic rings. The van der Waals surface area contributed by atoms with Crippen LogP contribution in [0, 0.1) is 5.82 Å². The summed E-state index contributed by atoms with van der Waals surface area (Å²) in [4.78, 5) is 39.6. The lowest BCUT2D eigenvalue weighted by Crippen LogP contribution is -2.47. The fourth-order valence-electron chi connectivity index (χ4n) is 4.54. The van der Waals surface area contributed by atoms with Gasteiger partial charge in [-0.1, -0.05) is 12.1 Å². The van der Waals surface area contributed by atoms with Crippen LogP contribution in [0.25, 0.3) is 33.4 Å². The van der Waals surface area contributed by atoms with E-state index < -0.39 is 17.8 Å². The van der Waals surface area contributed by atoms with Crippen molar-refractivity contribution < 1.29 is 23.2 Å². The molecule has 39 heavy (non-hydrogen) atoms. The summed E-state index contributed by atoms with van der Waals surface area (Å²) in [6.45, 7) is 0.200. The number of amides is 4. The summed E-state index contributed by atoms with van der Waals surface area (Å²) >= 11 is 0. The van der Waals surface area contributed by atoms with Gasteiger partial charge in [0.2, 0.25) is 0 Å². The van der Waals surface area contributed by atoms with E-state index in [4.69, 9.17) is 16.0 Å². The Morgan fingerprint density at radius 3 is 2.33 bits per heavy atom. The third kappa shape index (κ3) is 5.22. The number of carbonyl (C=O) groups is 3. The molecule has 0 atom stereocenters. The summed E-state index contributed by atoms with van der Waals surface area (Å²) in [5.41, 5.74) is 11.8. The van der Waals surface area contributed by atoms with Crippen molar-refractivity contribution in [3.05, 3.63) is 83.2 Å². The molecule has 0 aliphatic heterocycles. The average molecular weight is 552 g/mol. The lowest BCUT2D eigenvalue weighted by atomic mass is 9.94. The van der Waals surface area contributed by atoms with Gasteiger partial charge in [0, 0.05) is 36.1 Å². The highest BCUT2D eigenvalue weighted by molar-refractivity contribution is 6.12. The van der Waals surface area contributed by atoms with Gasteiger partial charge in [0.15, 0.2) is 0 Å². The zero-order chi connectivity index (χ0) is 27.0. The Morgan fingerprint density at radius 2 is 1.72 bits per heavy atom. The van der Waals surface area contributed by atoms with E-state index >= 15 is 0 Å². The molecule has 3 aromatic carbocycles. The fraction of sp³-hybridized carbons (Fsp3) is 0.179. The SMILES string of the molecule is CNC(=O)c1c(-c2ccc(F)cc2)oc2ccc(-c3cc(C(=O)N(C(=O)NN)C4CC4)ccc3CN)cc12.Cl. The molecule has 0 bridgehead atoms. The molecule has 1 saturated carbocycles. The van der Waals surface area contributed by atoms with Crippen LogP contribution >= 0.6 is 12.4 Å². The van der Waals surface area contributed by atoms with Gasteiger partial charge in [-0.15, -0.1) is 12.4 Å². The van der Waals surface area contributed by atoms with E-state index in [1.54, 1.807) is 42.5 Å². The minimum absolute atomic E-state index is 0. The number of carbonyl (C=O) groups excluding carboxylic acids is 3. The number of halogens is 2. The number of urea groups is 1. The number of hydrogen-bond donors (Lipinski definition) is 4. The Balaban J connectivity index is 0.00000353. The topological polar surface area (TPSA) is 144 Å². The molecule has 6 N–H and O–H groups in total. The average Bonchev–Trinajstić information content (AvgIpc) is 3.70. The van der Waals surface area contributed by atoms with Crippen LogP contribution < -0.4 is 22.3 Å². The standard InChI is InChI=1S/C28H26FN5O4.ClH/c1-32-26(35)24-22-12-16(6-11-23(22)38-25(24)15-4-7-19(29)8-5-15)21-13-17(2-3-18(21)14-30)27(36)34(20-9-10-20)28(37)33-31;/h2-8,11-13,20H,9-10,14,30-31H2,1H3,(H,32,35)(H,33,37);1H. The predicted molar refractivity (Wildman–Crippen MR) is 147 cm³/mol. The van der Waals surface area contributed by atoms with Crippen LogP contribution in [0.2, 0.25) is 0 Å². The quantitative estimate of drug-likeness (QED) is 0.159. The highest BCUT2D eigenvalue weighted by atomic mass is 35.5. The summed E-state index contributed by atoms with van der Waals surface area (Å²) < 4.78 is 19.6. The van der Waals surface area contributed by atoms with Crippen LogP contribution in [0.15, 0.2) is 65.1 Å². The van der Waals surface area contributed by atoms with Gasteiger partial charge in [0.05, 0.1) is 5.56 Å². The van der Waals surface area contributed by atoms with Crippen molar-refractivity contribution in [3.8, 4) is 22.5 Å². The van der Waals surface area contributed by atoms with E-state index in [9.17, 15) is 18.8 Å². The molecule has 1 heterocycles. The molecule has 1 fully saturated rings. The molecule has 0 spiro atoms. The Kier molecular flexibility index (Phi) is 8.01. The first-order valence-electron chi connectivity index (χ1n) is 12.1. The third-order valence-electron chi connectivity index (χ3n) is 6.61. The molecule has 5 rings (SSSR count). The minimum atomic E-state index is -0.662. The number of hydrazine groups is 1. The van der Waals surface area contributed by atoms with Gasteiger partial charge in [0.25, 0.3) is 11.8 Å². The zero-order valence-corrected chi connectivity index (χ0v) is 21.8. The van der Waals surface area contributed by atoms with E-state index in [0.717, 1.165) is 23.3 Å². The second kappa shape index (κ2) is 11.2. The molecule has 0 saturated heterocycles. The van der Waals surface area contributed by atoms with Gasteiger partial charge in [-0.3, -0.25) is 19.9 Å². The van der Waals surface area contributed by atoms with E-state index in [1.165, 1.54) is 19.2 Å². The molecule has 11 heteroatoms. The minimum Gasteiger partial charge on any atom is -0.455 e. The number of nitrogens with one attached hydrogen (secondary N) is 2. The Morgan fingerprint density at radius 1 is 1.03 bits per heavy atom. The number of benzene rings is 3. The molecule has 9 nitrogen and oxygen atoms in total. The maximum Gasteiger partial charge on any atom is 0.338 e. The second-order valence-corrected chi connectivity index (χ2v) is 9.04. The van der Waals surface area contributed by atoms with E-state index in [-0.39, 0.29) is 30.9 Å². The van der Waals surface area contributed by atoms with Crippen molar-refractivity contribution in [2.75, 3.05) is 7.05 Å². The normalized spacial score (nSPS) is 12.5. The van der Waals surface area contributed by atoms with Crippen molar-refractivity contribution in [1.29, 1.82) is 0 Å². The maximum atomic E-state index is 13.5. The van der Waals surface area contributed by atoms with Crippen molar-refractivity contribution in [2.24, 2.45) is 11.6 Å². The molecule has 4 amide bonds. The summed E-state index contributed by atoms with van der Waals surface area (Å²) in [7, 11) is 1.52. The number of imide groups is 1. The van der Waals surface area contributed by atoms with Crippen molar-refractivity contribution in [1.82, 2.24) is 15.6 Å². The van der Waals surface area contributed by atoms with Crippen LogP contribution in [0.3, 0.4) is 0 Å². The molecular weight excluding hydrogens is 525 g/mol. The number of nitrogens with zero attached hydrogens (tertiary/aromatic N) is 1. The molecule has 1 aromatic heterocycles. The van der Waals surface area contributed by atoms with Gasteiger partial charge in [-0.2, -0.15) is 0 Å². The lowest BCUT2D eigenvalue weighted by Gasteiger charge is -2.20. The van der Waals surface area contributed by atoms with Crippen molar-refractivity contribution in [3.63, 3.8) is 0 Å². The fourth-order valence-corrected chi connectivity index (χ4v) is 4.54. The number of rotatable bonds is 6. The van der Waals surface area contributed by atoms with Crippen molar-refractivity contribution in [2.45, 2.75) is 25.4 Å². The van der Waals surface area contributed by atoms with Crippen LogP contribution in [-0.4, -0.2) is 35.8 Å². The maximum absolute atomic E-state index is 13.5. The third-order valence-corrected chi connectivity index (χ3v) is 6.61. The second-order valence-electron chi connectivity index (χ2n) is 9.04. The summed E-state index contributed by atoms with van der Waals surface area (Å²) in [5.74, 6) is 4.39. The molecule has 0 unspecified atom stereocenters. The molecular formula is C28H27ClFN5O4. The monoisotopic (exact) mass is 551 g/mol. The van der Waals surface area contributed by atoms with Gasteiger partial charge in [-0.05, 0) is 78.1 Å². The summed E-state index contributed by atoms with van der Waals surface area (Å²) in [6.07, 6.45) is 1.45. The number of nitrogens with two attached hydrogens (primary N) is 2. The van der Waals surface area contributed by atoms with Crippen molar-refractivity contribution >= 4 is 41.2 Å². The summed E-state index contributed by atoms with van der Waals surface area (Å²) in [6, 6.07) is 15.2.